The highest BCUT2D eigenvalue weighted by molar-refractivity contribution is 4.79. The molecule has 0 saturated heterocycles. The van der Waals surface area contributed by atoms with E-state index in [-0.39, 0.29) is 4.48 Å². The molecule has 0 fully saturated rings. The van der Waals surface area contributed by atoms with Gasteiger partial charge in [-0.15, -0.1) is 7.05 Å². The first-order valence-electron chi connectivity index (χ1n) is 2.07. The van der Waals surface area contributed by atoms with Crippen molar-refractivity contribution < 1.29 is 14.6 Å². The molecule has 0 radical (unpaired) electrons. The van der Waals surface area contributed by atoms with Gasteiger partial charge in [-0.05, 0) is 0 Å². The van der Waals surface area contributed by atoms with Gasteiger partial charge >= 0.3 is 0 Å². The quantitative estimate of drug-likeness (QED) is 0.161. The first-order chi connectivity index (χ1) is 3.56. The van der Waals surface area contributed by atoms with Crippen molar-refractivity contribution >= 4 is 0 Å². The smallest absolute Gasteiger partial charge is 0.218 e. The van der Waals surface area contributed by atoms with Crippen LogP contribution in [0, 0.1) is 19.2 Å². The zero-order valence-corrected chi connectivity index (χ0v) is 5.01. The monoisotopic (exact) mass is 115 g/mol. The summed E-state index contributed by atoms with van der Waals surface area (Å²) in [5, 5.41) is 7.72. The minimum absolute atomic E-state index is 0.209. The van der Waals surface area contributed by atoms with Gasteiger partial charge in [-0.2, -0.15) is 5.26 Å². The van der Waals surface area contributed by atoms with Gasteiger partial charge in [0.2, 0.25) is 6.11 Å². The van der Waals surface area contributed by atoms with Crippen molar-refractivity contribution in [3.8, 4) is 12.2 Å². The average molecular weight is 115 g/mol. The van der Waals surface area contributed by atoms with E-state index in [1.54, 1.807) is 14.1 Å². The molecule has 3 heteroatoms. The maximum absolute atomic E-state index is 7.72. The highest BCUT2D eigenvalue weighted by atomic mass is 17.1. The van der Waals surface area contributed by atoms with Crippen LogP contribution in [0.2, 0.25) is 0 Å². The first-order valence-corrected chi connectivity index (χ1v) is 2.07. The van der Waals surface area contributed by atoms with E-state index < -0.39 is 0 Å². The maximum Gasteiger partial charge on any atom is 0.218 e. The first kappa shape index (κ1) is 7.28. The molecule has 0 aliphatic heterocycles. The summed E-state index contributed by atoms with van der Waals surface area (Å²) in [6.07, 6.45) is 2.00. The largest absolute Gasteiger partial charge is 0.380 e. The molecule has 0 aromatic rings. The molecule has 46 valence electrons. The highest BCUT2D eigenvalue weighted by Gasteiger charge is 1.90. The molecule has 0 aliphatic carbocycles. The standard InChI is InChI=1S/C5H9NO2/c1-6(2,3)4-5-8-7/h7H,1H2,2-3H3. The Bertz CT molecular complexity index is 115. The summed E-state index contributed by atoms with van der Waals surface area (Å²) in [4.78, 5) is 3.50. The van der Waals surface area contributed by atoms with Crippen LogP contribution in [0.3, 0.4) is 0 Å². The van der Waals surface area contributed by atoms with Gasteiger partial charge in [0.15, 0.2) is 6.04 Å². The molecule has 8 heavy (non-hydrogen) atoms. The van der Waals surface area contributed by atoms with Crippen molar-refractivity contribution in [2.45, 2.75) is 0 Å². The average Bonchev–Trinajstić information content (AvgIpc) is 1.59. The number of quaternary nitrogens is 1. The molecule has 0 aromatic heterocycles. The fraction of sp³-hybridized carbons (Fsp3) is 0.400. The van der Waals surface area contributed by atoms with E-state index in [2.05, 4.69) is 18.0 Å². The third-order valence-electron chi connectivity index (χ3n) is 0.394. The van der Waals surface area contributed by atoms with Gasteiger partial charge in [0.05, 0.1) is 14.1 Å². The van der Waals surface area contributed by atoms with Crippen LogP contribution < -0.4 is 0 Å². The third kappa shape index (κ3) is 5.28. The number of nitrogens with zero attached hydrogens (tertiary/aromatic N) is 1. The number of hydrogen-bond donors (Lipinski definition) is 1. The van der Waals surface area contributed by atoms with Crippen molar-refractivity contribution in [3.05, 3.63) is 7.05 Å². The molecule has 3 nitrogen and oxygen atoms in total. The number of hydrogen-bond acceptors (Lipinski definition) is 2. The SMILES string of the molecule is [CH2-][N+](C)(C)C#COO. The van der Waals surface area contributed by atoms with Gasteiger partial charge < -0.3 is 4.48 Å². The van der Waals surface area contributed by atoms with E-state index in [4.69, 9.17) is 5.26 Å². The van der Waals surface area contributed by atoms with Crippen LogP contribution in [0.5, 0.6) is 0 Å². The Hall–Kier alpha value is -0.720. The molecule has 0 saturated carbocycles. The fourth-order valence-corrected chi connectivity index (χ4v) is 0.144. The van der Waals surface area contributed by atoms with Crippen LogP contribution >= 0.6 is 0 Å². The lowest BCUT2D eigenvalue weighted by Crippen LogP contribution is -2.24. The van der Waals surface area contributed by atoms with E-state index in [0.717, 1.165) is 0 Å². The van der Waals surface area contributed by atoms with Gasteiger partial charge in [-0.25, -0.2) is 0 Å². The topological polar surface area (TPSA) is 29.5 Å². The van der Waals surface area contributed by atoms with Gasteiger partial charge in [0.25, 0.3) is 0 Å². The lowest BCUT2D eigenvalue weighted by molar-refractivity contribution is -0.773. The molecule has 0 heterocycles. The van der Waals surface area contributed by atoms with Gasteiger partial charge in [-0.3, -0.25) is 4.89 Å². The van der Waals surface area contributed by atoms with Crippen LogP contribution in [0.15, 0.2) is 0 Å². The second kappa shape index (κ2) is 2.55. The minimum atomic E-state index is 0.209. The zero-order valence-electron chi connectivity index (χ0n) is 5.01. The van der Waals surface area contributed by atoms with Crippen LogP contribution in [0.4, 0.5) is 0 Å². The highest BCUT2D eigenvalue weighted by Crippen LogP contribution is 1.85. The van der Waals surface area contributed by atoms with E-state index in [1.807, 2.05) is 6.11 Å². The Morgan fingerprint density at radius 3 is 2.25 bits per heavy atom. The predicted octanol–water partition coefficient (Wildman–Crippen LogP) is 0.262. The summed E-state index contributed by atoms with van der Waals surface area (Å²) >= 11 is 0. The van der Waals surface area contributed by atoms with E-state index in [1.165, 1.54) is 0 Å². The normalized spacial score (nSPS) is 9.50. The van der Waals surface area contributed by atoms with Crippen molar-refractivity contribution in [2.75, 3.05) is 14.1 Å². The van der Waals surface area contributed by atoms with Crippen molar-refractivity contribution in [1.82, 2.24) is 0 Å². The van der Waals surface area contributed by atoms with E-state index >= 15 is 0 Å². The Morgan fingerprint density at radius 2 is 2.12 bits per heavy atom. The summed E-state index contributed by atoms with van der Waals surface area (Å²) in [7, 11) is 7.09. The van der Waals surface area contributed by atoms with Crippen molar-refractivity contribution in [3.63, 3.8) is 0 Å². The van der Waals surface area contributed by atoms with Gasteiger partial charge in [0, 0.05) is 0 Å². The summed E-state index contributed by atoms with van der Waals surface area (Å²) in [5.74, 6) is 0. The lowest BCUT2D eigenvalue weighted by Gasteiger charge is -2.21. The van der Waals surface area contributed by atoms with Crippen molar-refractivity contribution in [1.29, 1.82) is 0 Å². The Labute approximate surface area is 49.0 Å². The molecular formula is C5H9NO2. The molecule has 0 aliphatic rings. The second-order valence-corrected chi connectivity index (χ2v) is 1.99. The van der Waals surface area contributed by atoms with Gasteiger partial charge in [0.1, 0.15) is 0 Å². The van der Waals surface area contributed by atoms with E-state index in [0.29, 0.717) is 0 Å². The van der Waals surface area contributed by atoms with Crippen molar-refractivity contribution in [2.24, 2.45) is 0 Å². The Morgan fingerprint density at radius 1 is 1.62 bits per heavy atom. The summed E-state index contributed by atoms with van der Waals surface area (Å²) in [6.45, 7) is 0. The molecule has 0 bridgehead atoms. The predicted molar refractivity (Wildman–Crippen MR) is 29.0 cm³/mol. The summed E-state index contributed by atoms with van der Waals surface area (Å²) in [6, 6.07) is 2.48. The molecule has 0 rings (SSSR count). The van der Waals surface area contributed by atoms with Gasteiger partial charge in [-0.1, -0.05) is 0 Å². The summed E-state index contributed by atoms with van der Waals surface area (Å²) in [5.41, 5.74) is 0. The fourth-order valence-electron chi connectivity index (χ4n) is 0.144. The van der Waals surface area contributed by atoms with Crippen LogP contribution in [-0.2, 0) is 4.89 Å². The molecule has 1 N–H and O–H groups in total. The molecular weight excluding hydrogens is 106 g/mol. The zero-order chi connectivity index (χ0) is 6.62. The second-order valence-electron chi connectivity index (χ2n) is 1.99. The molecule has 0 aromatic carbocycles. The third-order valence-corrected chi connectivity index (χ3v) is 0.394. The molecule has 0 atom stereocenters. The minimum Gasteiger partial charge on any atom is -0.380 e. The Balaban J connectivity index is 3.69. The summed E-state index contributed by atoms with van der Waals surface area (Å²) < 4.78 is 0.209. The lowest BCUT2D eigenvalue weighted by atomic mass is 10.7. The Kier molecular flexibility index (Phi) is 2.32. The molecule has 0 spiro atoms. The van der Waals surface area contributed by atoms with Crippen LogP contribution in [0.1, 0.15) is 0 Å². The van der Waals surface area contributed by atoms with Crippen LogP contribution in [-0.4, -0.2) is 23.8 Å². The molecule has 0 unspecified atom stereocenters. The van der Waals surface area contributed by atoms with Crippen LogP contribution in [0.25, 0.3) is 0 Å². The molecule has 0 amide bonds. The van der Waals surface area contributed by atoms with E-state index in [9.17, 15) is 0 Å². The maximum atomic E-state index is 7.72. The number of rotatable bonds is 0.